The number of hydrogen-bond acceptors (Lipinski definition) is 1. The Balaban J connectivity index is 1.95. The van der Waals surface area contributed by atoms with Crippen LogP contribution >= 0.6 is 0 Å². The SMILES string of the molecule is CCCCCCC(C)[C@@H](CO)Cc1c[nH]c2ccccc12. The topological polar surface area (TPSA) is 36.0 Å². The Labute approximate surface area is 128 Å². The molecule has 2 atom stereocenters. The van der Waals surface area contributed by atoms with Gasteiger partial charge in [0.1, 0.15) is 0 Å². The van der Waals surface area contributed by atoms with Crippen molar-refractivity contribution in [2.24, 2.45) is 11.8 Å². The lowest BCUT2D eigenvalue weighted by Gasteiger charge is -2.22. The summed E-state index contributed by atoms with van der Waals surface area (Å²) in [4.78, 5) is 3.33. The third-order valence-corrected chi connectivity index (χ3v) is 4.71. The van der Waals surface area contributed by atoms with E-state index in [-0.39, 0.29) is 6.61 Å². The molecule has 0 amide bonds. The molecular formula is C19H29NO. The normalized spacial score (nSPS) is 14.4. The number of aliphatic hydroxyl groups is 1. The Morgan fingerprint density at radius 1 is 1.14 bits per heavy atom. The summed E-state index contributed by atoms with van der Waals surface area (Å²) in [6.45, 7) is 4.83. The Morgan fingerprint density at radius 2 is 1.95 bits per heavy atom. The molecule has 21 heavy (non-hydrogen) atoms. The fourth-order valence-electron chi connectivity index (χ4n) is 3.16. The maximum absolute atomic E-state index is 9.76. The highest BCUT2D eigenvalue weighted by atomic mass is 16.3. The number of nitrogens with one attached hydrogen (secondary N) is 1. The standard InChI is InChI=1S/C19H29NO/c1-3-4-5-6-9-15(2)17(14-21)12-16-13-20-19-11-8-7-10-18(16)19/h7-8,10-11,13,15,17,20-21H,3-6,9,12,14H2,1-2H3/t15?,17-/m1/s1. The van der Waals surface area contributed by atoms with Crippen molar-refractivity contribution in [3.8, 4) is 0 Å². The predicted octanol–water partition coefficient (Wildman–Crippen LogP) is 4.93. The van der Waals surface area contributed by atoms with Crippen LogP contribution in [0.25, 0.3) is 10.9 Å². The van der Waals surface area contributed by atoms with Gasteiger partial charge in [-0.2, -0.15) is 0 Å². The lowest BCUT2D eigenvalue weighted by molar-refractivity contribution is 0.175. The molecule has 0 fully saturated rings. The number of rotatable bonds is 9. The molecule has 116 valence electrons. The zero-order valence-corrected chi connectivity index (χ0v) is 13.4. The van der Waals surface area contributed by atoms with Gasteiger partial charge < -0.3 is 10.1 Å². The van der Waals surface area contributed by atoms with Gasteiger partial charge >= 0.3 is 0 Å². The van der Waals surface area contributed by atoms with Crippen LogP contribution < -0.4 is 0 Å². The number of aromatic nitrogens is 1. The van der Waals surface area contributed by atoms with Gasteiger partial charge in [0.2, 0.25) is 0 Å². The van der Waals surface area contributed by atoms with Crippen molar-refractivity contribution >= 4 is 10.9 Å². The average Bonchev–Trinajstić information content (AvgIpc) is 2.92. The van der Waals surface area contributed by atoms with E-state index in [1.807, 2.05) is 0 Å². The van der Waals surface area contributed by atoms with E-state index in [0.717, 1.165) is 6.42 Å². The number of H-pyrrole nitrogens is 1. The molecule has 2 rings (SSSR count). The molecular weight excluding hydrogens is 258 g/mol. The van der Waals surface area contributed by atoms with Crippen LogP contribution in [0.1, 0.15) is 51.5 Å². The van der Waals surface area contributed by atoms with Crippen molar-refractivity contribution in [3.63, 3.8) is 0 Å². The molecule has 1 unspecified atom stereocenters. The van der Waals surface area contributed by atoms with Gasteiger partial charge in [0.15, 0.2) is 0 Å². The lowest BCUT2D eigenvalue weighted by atomic mass is 9.85. The Morgan fingerprint density at radius 3 is 2.71 bits per heavy atom. The first-order chi connectivity index (χ1) is 10.3. The van der Waals surface area contributed by atoms with Crippen LogP contribution in [0.2, 0.25) is 0 Å². The van der Waals surface area contributed by atoms with E-state index in [1.165, 1.54) is 48.6 Å². The van der Waals surface area contributed by atoms with Crippen LogP contribution in [0, 0.1) is 11.8 Å². The van der Waals surface area contributed by atoms with Gasteiger partial charge in [-0.05, 0) is 29.9 Å². The quantitative estimate of drug-likeness (QED) is 0.631. The van der Waals surface area contributed by atoms with Crippen molar-refractivity contribution in [1.82, 2.24) is 4.98 Å². The van der Waals surface area contributed by atoms with Crippen LogP contribution in [0.15, 0.2) is 30.5 Å². The number of fused-ring (bicyclic) bond motifs is 1. The minimum absolute atomic E-state index is 0.286. The molecule has 2 aromatic rings. The zero-order valence-electron chi connectivity index (χ0n) is 13.4. The van der Waals surface area contributed by atoms with Gasteiger partial charge in [-0.25, -0.2) is 0 Å². The van der Waals surface area contributed by atoms with E-state index in [1.54, 1.807) is 0 Å². The predicted molar refractivity (Wildman–Crippen MR) is 90.5 cm³/mol. The van der Waals surface area contributed by atoms with E-state index in [2.05, 4.69) is 49.3 Å². The average molecular weight is 287 g/mol. The number of para-hydroxylation sites is 1. The van der Waals surface area contributed by atoms with Crippen molar-refractivity contribution in [2.75, 3.05) is 6.61 Å². The summed E-state index contributed by atoms with van der Waals surface area (Å²) in [6.07, 6.45) is 9.54. The van der Waals surface area contributed by atoms with Crippen LogP contribution in [-0.2, 0) is 6.42 Å². The summed E-state index contributed by atoms with van der Waals surface area (Å²) < 4.78 is 0. The molecule has 0 saturated carbocycles. The molecule has 2 N–H and O–H groups in total. The first kappa shape index (κ1) is 16.1. The Hall–Kier alpha value is -1.28. The molecule has 2 nitrogen and oxygen atoms in total. The van der Waals surface area contributed by atoms with E-state index < -0.39 is 0 Å². The first-order valence-electron chi connectivity index (χ1n) is 8.42. The van der Waals surface area contributed by atoms with E-state index >= 15 is 0 Å². The largest absolute Gasteiger partial charge is 0.396 e. The smallest absolute Gasteiger partial charge is 0.0465 e. The van der Waals surface area contributed by atoms with Gasteiger partial charge in [-0.15, -0.1) is 0 Å². The minimum Gasteiger partial charge on any atom is -0.396 e. The maximum atomic E-state index is 9.76. The highest BCUT2D eigenvalue weighted by Crippen LogP contribution is 2.26. The molecule has 0 radical (unpaired) electrons. The second-order valence-corrected chi connectivity index (χ2v) is 6.33. The van der Waals surface area contributed by atoms with Crippen molar-refractivity contribution in [1.29, 1.82) is 0 Å². The van der Waals surface area contributed by atoms with Crippen molar-refractivity contribution in [3.05, 3.63) is 36.0 Å². The molecule has 0 aliphatic carbocycles. The third kappa shape index (κ3) is 4.34. The highest BCUT2D eigenvalue weighted by Gasteiger charge is 2.18. The number of aromatic amines is 1. The van der Waals surface area contributed by atoms with Gasteiger partial charge in [-0.3, -0.25) is 0 Å². The summed E-state index contributed by atoms with van der Waals surface area (Å²) >= 11 is 0. The van der Waals surface area contributed by atoms with Crippen molar-refractivity contribution < 1.29 is 5.11 Å². The molecule has 0 saturated heterocycles. The summed E-state index contributed by atoms with van der Waals surface area (Å²) in [5.41, 5.74) is 2.53. The third-order valence-electron chi connectivity index (χ3n) is 4.71. The number of benzene rings is 1. The van der Waals surface area contributed by atoms with Gasteiger partial charge in [0.05, 0.1) is 0 Å². The van der Waals surface area contributed by atoms with Gasteiger partial charge in [-0.1, -0.05) is 64.2 Å². The Kier molecular flexibility index (Phi) is 6.31. The van der Waals surface area contributed by atoms with E-state index in [9.17, 15) is 5.11 Å². The Bertz CT molecular complexity index is 531. The molecule has 1 aromatic carbocycles. The zero-order chi connectivity index (χ0) is 15.1. The summed E-state index contributed by atoms with van der Waals surface area (Å²) in [6, 6.07) is 8.42. The maximum Gasteiger partial charge on any atom is 0.0465 e. The molecule has 1 heterocycles. The van der Waals surface area contributed by atoms with Crippen LogP contribution in [0.3, 0.4) is 0 Å². The summed E-state index contributed by atoms with van der Waals surface area (Å²) in [5.74, 6) is 0.950. The number of unbranched alkanes of at least 4 members (excludes halogenated alkanes) is 3. The fraction of sp³-hybridized carbons (Fsp3) is 0.579. The van der Waals surface area contributed by atoms with Gasteiger partial charge in [0.25, 0.3) is 0 Å². The highest BCUT2D eigenvalue weighted by molar-refractivity contribution is 5.83. The number of hydrogen-bond donors (Lipinski definition) is 2. The minimum atomic E-state index is 0.286. The molecule has 2 heteroatoms. The summed E-state index contributed by atoms with van der Waals surface area (Å²) in [5, 5.41) is 11.1. The van der Waals surface area contributed by atoms with Crippen LogP contribution in [-0.4, -0.2) is 16.7 Å². The monoisotopic (exact) mass is 287 g/mol. The van der Waals surface area contributed by atoms with Crippen LogP contribution in [0.4, 0.5) is 0 Å². The molecule has 0 aliphatic rings. The molecule has 0 spiro atoms. The van der Waals surface area contributed by atoms with E-state index in [0.29, 0.717) is 11.8 Å². The second kappa shape index (κ2) is 8.23. The summed E-state index contributed by atoms with van der Waals surface area (Å²) in [7, 11) is 0. The molecule has 0 aliphatic heterocycles. The van der Waals surface area contributed by atoms with Crippen molar-refractivity contribution in [2.45, 2.75) is 52.4 Å². The van der Waals surface area contributed by atoms with Gasteiger partial charge in [0, 0.05) is 23.7 Å². The first-order valence-corrected chi connectivity index (χ1v) is 8.42. The number of aliphatic hydroxyl groups excluding tert-OH is 1. The lowest BCUT2D eigenvalue weighted by Crippen LogP contribution is -2.18. The van der Waals surface area contributed by atoms with E-state index in [4.69, 9.17) is 0 Å². The molecule has 0 bridgehead atoms. The molecule has 1 aromatic heterocycles. The fourth-order valence-corrected chi connectivity index (χ4v) is 3.16. The van der Waals surface area contributed by atoms with Crippen LogP contribution in [0.5, 0.6) is 0 Å². The second-order valence-electron chi connectivity index (χ2n) is 6.33.